The summed E-state index contributed by atoms with van der Waals surface area (Å²) in [5, 5.41) is 2.66. The number of carbonyl (C=O) groups excluding carboxylic acids is 1. The molecule has 92 valence electrons. The Morgan fingerprint density at radius 2 is 1.72 bits per heavy atom. The fraction of sp³-hybridized carbons (Fsp3) is 0.0714. The number of benzene rings is 2. The lowest BCUT2D eigenvalue weighted by Gasteiger charge is -2.08. The molecule has 18 heavy (non-hydrogen) atoms. The second kappa shape index (κ2) is 6.21. The van der Waals surface area contributed by atoms with Gasteiger partial charge in [-0.2, -0.15) is 0 Å². The molecule has 0 fully saturated rings. The summed E-state index contributed by atoms with van der Waals surface area (Å²) in [7, 11) is 0. The van der Waals surface area contributed by atoms with Gasteiger partial charge in [-0.25, -0.2) is 4.79 Å². The lowest BCUT2D eigenvalue weighted by molar-refractivity contribution is 0.155. The molecule has 0 aromatic heterocycles. The van der Waals surface area contributed by atoms with Crippen LogP contribution in [0.1, 0.15) is 5.56 Å². The highest BCUT2D eigenvalue weighted by Crippen LogP contribution is 2.16. The predicted octanol–water partition coefficient (Wildman–Crippen LogP) is 4.20. The van der Waals surface area contributed by atoms with E-state index in [4.69, 9.17) is 4.74 Å². The van der Waals surface area contributed by atoms with Gasteiger partial charge in [0.1, 0.15) is 6.61 Å². The molecule has 4 heteroatoms. The fourth-order valence-corrected chi connectivity index (χ4v) is 1.83. The predicted molar refractivity (Wildman–Crippen MR) is 74.4 cm³/mol. The van der Waals surface area contributed by atoms with E-state index in [2.05, 4.69) is 21.2 Å². The Labute approximate surface area is 114 Å². The third-order valence-electron chi connectivity index (χ3n) is 2.34. The van der Waals surface area contributed by atoms with E-state index >= 15 is 0 Å². The number of halogens is 1. The number of hydrogen-bond donors (Lipinski definition) is 1. The Bertz CT molecular complexity index is 528. The van der Waals surface area contributed by atoms with Crippen molar-refractivity contribution in [2.24, 2.45) is 0 Å². The van der Waals surface area contributed by atoms with Crippen LogP contribution in [-0.2, 0) is 11.3 Å². The maximum Gasteiger partial charge on any atom is 0.411 e. The monoisotopic (exact) mass is 305 g/mol. The smallest absolute Gasteiger partial charge is 0.411 e. The number of anilines is 1. The van der Waals surface area contributed by atoms with Crippen LogP contribution < -0.4 is 5.32 Å². The summed E-state index contributed by atoms with van der Waals surface area (Å²) in [6.07, 6.45) is -0.461. The number of rotatable bonds is 3. The number of hydrogen-bond acceptors (Lipinski definition) is 2. The first-order valence-electron chi connectivity index (χ1n) is 5.48. The Balaban J connectivity index is 1.88. The molecule has 0 atom stereocenters. The lowest BCUT2D eigenvalue weighted by atomic mass is 10.2. The van der Waals surface area contributed by atoms with Gasteiger partial charge in [-0.1, -0.05) is 52.3 Å². The maximum atomic E-state index is 11.5. The van der Waals surface area contributed by atoms with Crippen molar-refractivity contribution in [3.63, 3.8) is 0 Å². The first-order valence-corrected chi connectivity index (χ1v) is 6.27. The van der Waals surface area contributed by atoms with Gasteiger partial charge in [0.25, 0.3) is 0 Å². The van der Waals surface area contributed by atoms with Crippen LogP contribution in [0.3, 0.4) is 0 Å². The number of carbonyl (C=O) groups is 1. The summed E-state index contributed by atoms with van der Waals surface area (Å²) in [6.45, 7) is 0.236. The van der Waals surface area contributed by atoms with E-state index in [0.29, 0.717) is 0 Å². The van der Waals surface area contributed by atoms with Crippen LogP contribution >= 0.6 is 15.9 Å². The summed E-state index contributed by atoms with van der Waals surface area (Å²) in [4.78, 5) is 11.5. The highest BCUT2D eigenvalue weighted by molar-refractivity contribution is 9.10. The third-order valence-corrected chi connectivity index (χ3v) is 3.11. The normalized spacial score (nSPS) is 9.83. The Kier molecular flexibility index (Phi) is 4.36. The van der Waals surface area contributed by atoms with Crippen molar-refractivity contribution in [3.05, 3.63) is 64.6 Å². The van der Waals surface area contributed by atoms with E-state index in [1.807, 2.05) is 42.5 Å². The summed E-state index contributed by atoms with van der Waals surface area (Å²) in [5.41, 5.74) is 1.65. The molecule has 0 saturated carbocycles. The minimum atomic E-state index is -0.461. The van der Waals surface area contributed by atoms with Crippen LogP contribution in [0.4, 0.5) is 10.5 Å². The molecule has 0 saturated heterocycles. The molecule has 3 nitrogen and oxygen atoms in total. The third kappa shape index (κ3) is 3.60. The van der Waals surface area contributed by atoms with E-state index in [-0.39, 0.29) is 6.61 Å². The van der Waals surface area contributed by atoms with Crippen molar-refractivity contribution in [1.29, 1.82) is 0 Å². The molecule has 1 amide bonds. The average Bonchev–Trinajstić information content (AvgIpc) is 2.39. The second-order valence-corrected chi connectivity index (χ2v) is 4.51. The number of para-hydroxylation sites is 1. The number of nitrogens with one attached hydrogen (secondary N) is 1. The van der Waals surface area contributed by atoms with Crippen LogP contribution in [0.25, 0.3) is 0 Å². The van der Waals surface area contributed by atoms with Crippen molar-refractivity contribution in [1.82, 2.24) is 0 Å². The van der Waals surface area contributed by atoms with Gasteiger partial charge < -0.3 is 4.74 Å². The summed E-state index contributed by atoms with van der Waals surface area (Å²) in [6, 6.07) is 16.8. The van der Waals surface area contributed by atoms with Gasteiger partial charge in [0.15, 0.2) is 0 Å². The molecule has 1 N–H and O–H groups in total. The molecule has 0 aliphatic carbocycles. The largest absolute Gasteiger partial charge is 0.444 e. The summed E-state index contributed by atoms with van der Waals surface area (Å²) >= 11 is 3.40. The van der Waals surface area contributed by atoms with E-state index < -0.39 is 6.09 Å². The van der Waals surface area contributed by atoms with E-state index in [1.54, 1.807) is 12.1 Å². The minimum Gasteiger partial charge on any atom is -0.444 e. The lowest BCUT2D eigenvalue weighted by Crippen LogP contribution is -2.13. The summed E-state index contributed by atoms with van der Waals surface area (Å²) in [5.74, 6) is 0. The minimum absolute atomic E-state index is 0.236. The van der Waals surface area contributed by atoms with Crippen molar-refractivity contribution in [3.8, 4) is 0 Å². The first kappa shape index (κ1) is 12.6. The highest BCUT2D eigenvalue weighted by atomic mass is 79.9. The van der Waals surface area contributed by atoms with E-state index in [9.17, 15) is 4.79 Å². The van der Waals surface area contributed by atoms with E-state index in [0.717, 1.165) is 15.7 Å². The standard InChI is InChI=1S/C14H12BrNO2/c15-13-9-5-4-6-11(13)10-18-14(17)16-12-7-2-1-3-8-12/h1-9H,10H2,(H,16,17). The van der Waals surface area contributed by atoms with Crippen molar-refractivity contribution in [2.45, 2.75) is 6.61 Å². The number of ether oxygens (including phenoxy) is 1. The molecule has 0 heterocycles. The quantitative estimate of drug-likeness (QED) is 0.923. The van der Waals surface area contributed by atoms with Crippen molar-refractivity contribution in [2.75, 3.05) is 5.32 Å². The van der Waals surface area contributed by atoms with Gasteiger partial charge in [-0.3, -0.25) is 5.32 Å². The molecule has 0 unspecified atom stereocenters. The molecule has 2 aromatic carbocycles. The molecule has 0 radical (unpaired) electrons. The van der Waals surface area contributed by atoms with Crippen LogP contribution in [0.15, 0.2) is 59.1 Å². The van der Waals surface area contributed by atoms with Crippen molar-refractivity contribution < 1.29 is 9.53 Å². The molecule has 2 aromatic rings. The van der Waals surface area contributed by atoms with Crippen LogP contribution in [0.2, 0.25) is 0 Å². The SMILES string of the molecule is O=C(Nc1ccccc1)OCc1ccccc1Br. The second-order valence-electron chi connectivity index (χ2n) is 3.66. The molecule has 0 aliphatic rings. The molecular weight excluding hydrogens is 294 g/mol. The highest BCUT2D eigenvalue weighted by Gasteiger charge is 2.04. The van der Waals surface area contributed by atoms with Crippen LogP contribution in [0, 0.1) is 0 Å². The fourth-order valence-electron chi connectivity index (χ4n) is 1.43. The zero-order chi connectivity index (χ0) is 12.8. The molecule has 0 aliphatic heterocycles. The Hall–Kier alpha value is -1.81. The Morgan fingerprint density at radius 3 is 2.44 bits per heavy atom. The molecular formula is C14H12BrNO2. The zero-order valence-electron chi connectivity index (χ0n) is 9.60. The molecule has 0 bridgehead atoms. The maximum absolute atomic E-state index is 11.5. The van der Waals surface area contributed by atoms with Crippen LogP contribution in [0.5, 0.6) is 0 Å². The topological polar surface area (TPSA) is 38.3 Å². The first-order chi connectivity index (χ1) is 8.75. The van der Waals surface area contributed by atoms with Gasteiger partial charge in [-0.05, 0) is 18.2 Å². The van der Waals surface area contributed by atoms with Crippen molar-refractivity contribution >= 4 is 27.7 Å². The van der Waals surface area contributed by atoms with Gasteiger partial charge in [-0.15, -0.1) is 0 Å². The van der Waals surface area contributed by atoms with Gasteiger partial charge >= 0.3 is 6.09 Å². The van der Waals surface area contributed by atoms with Gasteiger partial charge in [0.05, 0.1) is 0 Å². The van der Waals surface area contributed by atoms with Gasteiger partial charge in [0, 0.05) is 15.7 Å². The van der Waals surface area contributed by atoms with Gasteiger partial charge in [0.2, 0.25) is 0 Å². The number of amides is 1. The molecule has 0 spiro atoms. The van der Waals surface area contributed by atoms with Crippen LogP contribution in [-0.4, -0.2) is 6.09 Å². The zero-order valence-corrected chi connectivity index (χ0v) is 11.2. The average molecular weight is 306 g/mol. The Morgan fingerprint density at radius 1 is 1.06 bits per heavy atom. The molecule has 2 rings (SSSR count). The summed E-state index contributed by atoms with van der Waals surface area (Å²) < 4.78 is 6.06. The van der Waals surface area contributed by atoms with E-state index in [1.165, 1.54) is 0 Å².